The minimum atomic E-state index is -0.593. The molecule has 8 unspecified atom stereocenters. The van der Waals surface area contributed by atoms with Gasteiger partial charge in [-0.3, -0.25) is 14.2 Å². The van der Waals surface area contributed by atoms with Crippen LogP contribution >= 0.6 is 0 Å². The topological polar surface area (TPSA) is 99.8 Å². The molecule has 1 aromatic rings. The lowest BCUT2D eigenvalue weighted by Crippen LogP contribution is -2.50. The molecule has 6 nitrogen and oxygen atoms in total. The Balaban J connectivity index is 1.38. The second kappa shape index (κ2) is 5.56. The van der Waals surface area contributed by atoms with Crippen molar-refractivity contribution in [3.8, 4) is 11.8 Å². The van der Waals surface area contributed by atoms with Gasteiger partial charge in [-0.05, 0) is 63.2 Å². The second-order valence-corrected chi connectivity index (χ2v) is 12.0. The number of aliphatic hydroxyl groups is 1. The summed E-state index contributed by atoms with van der Waals surface area (Å²) in [5.41, 5.74) is 0.141. The molecule has 1 spiro atoms. The fourth-order valence-electron chi connectivity index (χ4n) is 9.14. The molecule has 1 heterocycles. The lowest BCUT2D eigenvalue weighted by molar-refractivity contribution is -0.145. The highest BCUT2D eigenvalue weighted by atomic mass is 16.3. The predicted octanol–water partition coefficient (Wildman–Crippen LogP) is 3.64. The molecule has 0 saturated heterocycles. The standard InChI is InChI=1S/C25H33NO5/c1-11(2)26-20(29)18-12-5-15(19(18)21(26)30)23(3,7-12)22(31)24(4)8-13-6-14(24)16(10-27)25(13)9-17(25)28/h11-16,27,29-30H,5-10H2,1-4H3. The molecular weight excluding hydrogens is 394 g/mol. The highest BCUT2D eigenvalue weighted by Gasteiger charge is 2.77. The van der Waals surface area contributed by atoms with Crippen LogP contribution in [0.2, 0.25) is 0 Å². The van der Waals surface area contributed by atoms with Crippen molar-refractivity contribution in [2.45, 2.75) is 77.7 Å². The van der Waals surface area contributed by atoms with Gasteiger partial charge in [-0.15, -0.1) is 0 Å². The van der Waals surface area contributed by atoms with E-state index in [9.17, 15) is 24.9 Å². The molecule has 5 aliphatic carbocycles. The molecule has 0 amide bonds. The van der Waals surface area contributed by atoms with Crippen LogP contribution in [0.25, 0.3) is 0 Å². The van der Waals surface area contributed by atoms with Crippen molar-refractivity contribution in [2.24, 2.45) is 34.0 Å². The Labute approximate surface area is 182 Å². The van der Waals surface area contributed by atoms with Crippen LogP contribution in [0.15, 0.2) is 0 Å². The maximum absolute atomic E-state index is 14.3. The monoisotopic (exact) mass is 427 g/mol. The fourth-order valence-corrected chi connectivity index (χ4v) is 9.14. The van der Waals surface area contributed by atoms with Gasteiger partial charge < -0.3 is 15.3 Å². The van der Waals surface area contributed by atoms with Crippen molar-refractivity contribution in [3.63, 3.8) is 0 Å². The van der Waals surface area contributed by atoms with Gasteiger partial charge in [0, 0.05) is 52.4 Å². The molecule has 5 aliphatic rings. The Morgan fingerprint density at radius 1 is 1.10 bits per heavy atom. The maximum atomic E-state index is 14.3. The van der Waals surface area contributed by atoms with Crippen molar-refractivity contribution >= 4 is 11.6 Å². The molecule has 0 aliphatic heterocycles. The predicted molar refractivity (Wildman–Crippen MR) is 113 cm³/mol. The summed E-state index contributed by atoms with van der Waals surface area (Å²) in [4.78, 5) is 26.6. The van der Waals surface area contributed by atoms with E-state index in [0.717, 1.165) is 30.4 Å². The summed E-state index contributed by atoms with van der Waals surface area (Å²) >= 11 is 0. The number of carbonyl (C=O) groups excluding carboxylic acids is 2. The number of aliphatic hydroxyl groups excluding tert-OH is 1. The van der Waals surface area contributed by atoms with Crippen LogP contribution in [-0.2, 0) is 9.59 Å². The van der Waals surface area contributed by atoms with Gasteiger partial charge in [0.15, 0.2) is 11.8 Å². The van der Waals surface area contributed by atoms with E-state index in [4.69, 9.17) is 0 Å². The van der Waals surface area contributed by atoms with E-state index in [1.165, 1.54) is 0 Å². The van der Waals surface area contributed by atoms with Crippen molar-refractivity contribution in [3.05, 3.63) is 11.1 Å². The molecular formula is C25H33NO5. The molecule has 168 valence electrons. The Kier molecular flexibility index (Phi) is 3.56. The number of aromatic nitrogens is 1. The Morgan fingerprint density at radius 2 is 1.74 bits per heavy atom. The van der Waals surface area contributed by atoms with Gasteiger partial charge in [-0.2, -0.15) is 0 Å². The van der Waals surface area contributed by atoms with E-state index >= 15 is 0 Å². The molecule has 31 heavy (non-hydrogen) atoms. The molecule has 4 bridgehead atoms. The van der Waals surface area contributed by atoms with E-state index in [-0.39, 0.29) is 71.0 Å². The first-order chi connectivity index (χ1) is 14.5. The largest absolute Gasteiger partial charge is 0.494 e. The minimum absolute atomic E-state index is 0.0193. The van der Waals surface area contributed by atoms with Gasteiger partial charge in [0.2, 0.25) is 0 Å². The molecule has 0 aromatic carbocycles. The number of ketones is 2. The van der Waals surface area contributed by atoms with Crippen molar-refractivity contribution in [2.75, 3.05) is 6.61 Å². The summed E-state index contributed by atoms with van der Waals surface area (Å²) in [6, 6.07) is -0.0624. The summed E-state index contributed by atoms with van der Waals surface area (Å²) in [5, 5.41) is 31.9. The quantitative estimate of drug-likeness (QED) is 0.681. The number of rotatable bonds is 4. The van der Waals surface area contributed by atoms with Crippen LogP contribution in [0.3, 0.4) is 0 Å². The number of hydrogen-bond acceptors (Lipinski definition) is 5. The van der Waals surface area contributed by atoms with E-state index in [1.807, 2.05) is 13.8 Å². The maximum Gasteiger partial charge on any atom is 0.198 e. The van der Waals surface area contributed by atoms with Crippen LogP contribution in [0, 0.1) is 34.0 Å². The zero-order chi connectivity index (χ0) is 22.2. The summed E-state index contributed by atoms with van der Waals surface area (Å²) in [6.45, 7) is 7.96. The highest BCUT2D eigenvalue weighted by Crippen LogP contribution is 2.76. The number of aromatic hydroxyl groups is 2. The second-order valence-electron chi connectivity index (χ2n) is 12.0. The first kappa shape index (κ1) is 19.8. The average Bonchev–Trinajstić information content (AvgIpc) is 3.15. The summed E-state index contributed by atoms with van der Waals surface area (Å²) in [6.07, 6.45) is 3.67. The van der Waals surface area contributed by atoms with E-state index in [2.05, 4.69) is 13.8 Å². The number of fused-ring (bicyclic) bond motifs is 8. The average molecular weight is 428 g/mol. The number of carbonyl (C=O) groups is 2. The Bertz CT molecular complexity index is 1040. The molecule has 0 radical (unpaired) electrons. The lowest BCUT2D eigenvalue weighted by Gasteiger charge is -2.46. The third-order valence-electron chi connectivity index (χ3n) is 10.4. The van der Waals surface area contributed by atoms with Crippen molar-refractivity contribution in [1.29, 1.82) is 0 Å². The van der Waals surface area contributed by atoms with Gasteiger partial charge in [0.05, 0.1) is 0 Å². The zero-order valence-electron chi connectivity index (χ0n) is 18.8. The van der Waals surface area contributed by atoms with Gasteiger partial charge in [0.25, 0.3) is 0 Å². The zero-order valence-corrected chi connectivity index (χ0v) is 18.8. The first-order valence-electron chi connectivity index (χ1n) is 11.9. The highest BCUT2D eigenvalue weighted by molar-refractivity contribution is 6.03. The third kappa shape index (κ3) is 1.96. The summed E-state index contributed by atoms with van der Waals surface area (Å²) in [7, 11) is 0. The van der Waals surface area contributed by atoms with Crippen LogP contribution < -0.4 is 0 Å². The molecule has 1 aromatic heterocycles. The normalized spacial score (nSPS) is 46.5. The van der Waals surface area contributed by atoms with Crippen molar-refractivity contribution < 1.29 is 24.9 Å². The number of nitrogens with zero attached hydrogens (tertiary/aromatic N) is 1. The molecule has 6 heteroatoms. The van der Waals surface area contributed by atoms with Gasteiger partial charge in [-0.1, -0.05) is 13.8 Å². The molecule has 8 atom stereocenters. The molecule has 4 fully saturated rings. The van der Waals surface area contributed by atoms with E-state index in [0.29, 0.717) is 12.8 Å². The Hall–Kier alpha value is -1.82. The summed E-state index contributed by atoms with van der Waals surface area (Å²) in [5.74, 6) is 0.964. The number of hydrogen-bond donors (Lipinski definition) is 3. The fraction of sp³-hybridized carbons (Fsp3) is 0.760. The van der Waals surface area contributed by atoms with Crippen molar-refractivity contribution in [1.82, 2.24) is 4.57 Å². The number of Topliss-reactive ketones (excluding diaryl/α,β-unsaturated/α-hetero) is 2. The van der Waals surface area contributed by atoms with E-state index < -0.39 is 10.8 Å². The SMILES string of the molecule is CC(C)n1c(O)c2c(c1O)C1CC2CC1(C)C(=O)C1(C)CC2CC1C(CO)C21CC1=O. The smallest absolute Gasteiger partial charge is 0.198 e. The molecule has 4 saturated carbocycles. The van der Waals surface area contributed by atoms with Gasteiger partial charge >= 0.3 is 0 Å². The Morgan fingerprint density at radius 3 is 2.32 bits per heavy atom. The molecule has 3 N–H and O–H groups in total. The third-order valence-corrected chi connectivity index (χ3v) is 10.4. The minimum Gasteiger partial charge on any atom is -0.494 e. The molecule has 6 rings (SSSR count). The lowest BCUT2D eigenvalue weighted by atomic mass is 9.55. The van der Waals surface area contributed by atoms with Crippen LogP contribution in [0.5, 0.6) is 11.8 Å². The first-order valence-corrected chi connectivity index (χ1v) is 11.9. The van der Waals surface area contributed by atoms with Gasteiger partial charge in [0.1, 0.15) is 11.6 Å². The van der Waals surface area contributed by atoms with Gasteiger partial charge in [-0.25, -0.2) is 0 Å². The summed E-state index contributed by atoms with van der Waals surface area (Å²) < 4.78 is 1.59. The van der Waals surface area contributed by atoms with Crippen LogP contribution in [0.4, 0.5) is 0 Å². The van der Waals surface area contributed by atoms with E-state index in [1.54, 1.807) is 4.57 Å². The van der Waals surface area contributed by atoms with Crippen LogP contribution in [0.1, 0.15) is 88.8 Å². The van der Waals surface area contributed by atoms with Crippen LogP contribution in [-0.4, -0.2) is 38.1 Å².